The standard InChI is InChI=1S/C10H10BrN3O2S/c11-8-1-2-9-12-10(13-14(9)5-8)7-3-4-17(15,16)6-7/h1-2,5,7H,3-4,6H2. The van der Waals surface area contributed by atoms with E-state index >= 15 is 0 Å². The summed E-state index contributed by atoms with van der Waals surface area (Å²) < 4.78 is 25.4. The molecule has 3 rings (SSSR count). The first-order valence-corrected chi connectivity index (χ1v) is 7.87. The lowest BCUT2D eigenvalue weighted by Crippen LogP contribution is -2.05. The van der Waals surface area contributed by atoms with Crippen LogP contribution in [0.4, 0.5) is 0 Å². The number of halogens is 1. The molecule has 1 fully saturated rings. The van der Waals surface area contributed by atoms with Crippen LogP contribution >= 0.6 is 15.9 Å². The third kappa shape index (κ3) is 2.09. The summed E-state index contributed by atoms with van der Waals surface area (Å²) in [6.45, 7) is 0. The third-order valence-electron chi connectivity index (χ3n) is 2.91. The predicted octanol–water partition coefficient (Wildman–Crippen LogP) is 1.39. The summed E-state index contributed by atoms with van der Waals surface area (Å²) in [6, 6.07) is 3.74. The fourth-order valence-corrected chi connectivity index (χ4v) is 4.11. The van der Waals surface area contributed by atoms with Crippen molar-refractivity contribution in [2.24, 2.45) is 0 Å². The van der Waals surface area contributed by atoms with E-state index in [1.807, 2.05) is 18.3 Å². The molecule has 0 radical (unpaired) electrons. The lowest BCUT2D eigenvalue weighted by atomic mass is 10.1. The van der Waals surface area contributed by atoms with Gasteiger partial charge in [0, 0.05) is 16.6 Å². The molecule has 1 unspecified atom stereocenters. The minimum Gasteiger partial charge on any atom is -0.229 e. The van der Waals surface area contributed by atoms with Crippen LogP contribution in [0.15, 0.2) is 22.8 Å². The third-order valence-corrected chi connectivity index (χ3v) is 5.15. The monoisotopic (exact) mass is 315 g/mol. The summed E-state index contributed by atoms with van der Waals surface area (Å²) in [7, 11) is -2.89. The Morgan fingerprint density at radius 3 is 2.94 bits per heavy atom. The minimum atomic E-state index is -2.89. The maximum absolute atomic E-state index is 11.4. The van der Waals surface area contributed by atoms with E-state index in [0.717, 1.165) is 10.1 Å². The molecule has 90 valence electrons. The minimum absolute atomic E-state index is 0.0568. The molecule has 1 aliphatic rings. The molecule has 2 aromatic heterocycles. The maximum atomic E-state index is 11.4. The van der Waals surface area contributed by atoms with Crippen LogP contribution in [0.3, 0.4) is 0 Å². The van der Waals surface area contributed by atoms with Gasteiger partial charge >= 0.3 is 0 Å². The second kappa shape index (κ2) is 3.78. The zero-order chi connectivity index (χ0) is 12.0. The summed E-state index contributed by atoms with van der Waals surface area (Å²) in [5.74, 6) is 0.991. The van der Waals surface area contributed by atoms with Crippen LogP contribution in [0.2, 0.25) is 0 Å². The van der Waals surface area contributed by atoms with Crippen molar-refractivity contribution < 1.29 is 8.42 Å². The zero-order valence-corrected chi connectivity index (χ0v) is 11.3. The fourth-order valence-electron chi connectivity index (χ4n) is 2.05. The van der Waals surface area contributed by atoms with E-state index in [-0.39, 0.29) is 17.4 Å². The van der Waals surface area contributed by atoms with Crippen molar-refractivity contribution in [1.29, 1.82) is 0 Å². The van der Waals surface area contributed by atoms with Crippen LogP contribution in [0.1, 0.15) is 18.2 Å². The Morgan fingerprint density at radius 1 is 1.41 bits per heavy atom. The maximum Gasteiger partial charge on any atom is 0.155 e. The SMILES string of the molecule is O=S1(=O)CCC(c2nc3ccc(Br)cn3n2)C1. The molecule has 1 saturated heterocycles. The molecule has 7 heteroatoms. The molecule has 5 nitrogen and oxygen atoms in total. The van der Waals surface area contributed by atoms with Crippen LogP contribution in [-0.2, 0) is 9.84 Å². The van der Waals surface area contributed by atoms with E-state index in [1.165, 1.54) is 0 Å². The predicted molar refractivity (Wildman–Crippen MR) is 66.7 cm³/mol. The summed E-state index contributed by atoms with van der Waals surface area (Å²) in [5, 5.41) is 4.33. The highest BCUT2D eigenvalue weighted by molar-refractivity contribution is 9.10. The molecule has 1 atom stereocenters. The van der Waals surface area contributed by atoms with Gasteiger partial charge in [-0.05, 0) is 34.5 Å². The van der Waals surface area contributed by atoms with Crippen molar-refractivity contribution in [2.75, 3.05) is 11.5 Å². The van der Waals surface area contributed by atoms with E-state index in [2.05, 4.69) is 26.0 Å². The number of pyridine rings is 1. The van der Waals surface area contributed by atoms with E-state index in [1.54, 1.807) is 4.52 Å². The number of hydrogen-bond donors (Lipinski definition) is 0. The Bertz CT molecular complexity index is 680. The van der Waals surface area contributed by atoms with Gasteiger partial charge in [-0.1, -0.05) is 0 Å². The van der Waals surface area contributed by atoms with Crippen LogP contribution in [0, 0.1) is 0 Å². The summed E-state index contributed by atoms with van der Waals surface area (Å²) in [6.07, 6.45) is 2.44. The number of fused-ring (bicyclic) bond motifs is 1. The average molecular weight is 316 g/mol. The molecule has 0 saturated carbocycles. The number of hydrogen-bond acceptors (Lipinski definition) is 4. The van der Waals surface area contributed by atoms with E-state index in [0.29, 0.717) is 12.2 Å². The second-order valence-corrected chi connectivity index (χ2v) is 7.36. The van der Waals surface area contributed by atoms with Gasteiger partial charge in [0.15, 0.2) is 21.3 Å². The smallest absolute Gasteiger partial charge is 0.155 e. The zero-order valence-electron chi connectivity index (χ0n) is 8.88. The Balaban J connectivity index is 2.02. The molecule has 0 spiro atoms. The van der Waals surface area contributed by atoms with E-state index in [4.69, 9.17) is 0 Å². The normalized spacial score (nSPS) is 23.2. The molecular weight excluding hydrogens is 306 g/mol. The topological polar surface area (TPSA) is 64.3 Å². The van der Waals surface area contributed by atoms with Gasteiger partial charge in [0.1, 0.15) is 0 Å². The Labute approximate surface area is 107 Å². The molecule has 0 aliphatic carbocycles. The first kappa shape index (κ1) is 11.2. The highest BCUT2D eigenvalue weighted by Crippen LogP contribution is 2.27. The van der Waals surface area contributed by atoms with Crippen molar-refractivity contribution in [3.05, 3.63) is 28.6 Å². The van der Waals surface area contributed by atoms with Gasteiger partial charge in [0.2, 0.25) is 0 Å². The lowest BCUT2D eigenvalue weighted by molar-refractivity contribution is 0.601. The quantitative estimate of drug-likeness (QED) is 0.798. The Kier molecular flexibility index (Phi) is 2.48. The van der Waals surface area contributed by atoms with Gasteiger partial charge in [-0.25, -0.2) is 17.9 Å². The van der Waals surface area contributed by atoms with Crippen molar-refractivity contribution in [1.82, 2.24) is 14.6 Å². The first-order chi connectivity index (χ1) is 8.03. The van der Waals surface area contributed by atoms with Crippen LogP contribution < -0.4 is 0 Å². The molecule has 17 heavy (non-hydrogen) atoms. The first-order valence-electron chi connectivity index (χ1n) is 5.26. The average Bonchev–Trinajstić information content (AvgIpc) is 2.80. The fraction of sp³-hybridized carbons (Fsp3) is 0.400. The Morgan fingerprint density at radius 2 is 2.24 bits per heavy atom. The number of nitrogens with zero attached hydrogens (tertiary/aromatic N) is 3. The van der Waals surface area contributed by atoms with Crippen LogP contribution in [0.5, 0.6) is 0 Å². The van der Waals surface area contributed by atoms with E-state index in [9.17, 15) is 8.42 Å². The molecular formula is C10H10BrN3O2S. The van der Waals surface area contributed by atoms with Gasteiger partial charge < -0.3 is 0 Å². The highest BCUT2D eigenvalue weighted by Gasteiger charge is 2.31. The number of rotatable bonds is 1. The molecule has 0 amide bonds. The van der Waals surface area contributed by atoms with Gasteiger partial charge in [-0.3, -0.25) is 0 Å². The molecule has 2 aromatic rings. The summed E-state index contributed by atoms with van der Waals surface area (Å²) in [5.41, 5.74) is 0.743. The van der Waals surface area contributed by atoms with Crippen molar-refractivity contribution in [2.45, 2.75) is 12.3 Å². The number of aromatic nitrogens is 3. The largest absolute Gasteiger partial charge is 0.229 e. The molecule has 0 aromatic carbocycles. The second-order valence-electron chi connectivity index (χ2n) is 4.22. The molecule has 0 N–H and O–H groups in total. The highest BCUT2D eigenvalue weighted by atomic mass is 79.9. The van der Waals surface area contributed by atoms with Crippen molar-refractivity contribution in [3.8, 4) is 0 Å². The van der Waals surface area contributed by atoms with Crippen molar-refractivity contribution >= 4 is 31.4 Å². The van der Waals surface area contributed by atoms with E-state index < -0.39 is 9.84 Å². The van der Waals surface area contributed by atoms with Crippen LogP contribution in [-0.4, -0.2) is 34.5 Å². The Hall–Kier alpha value is -0.950. The van der Waals surface area contributed by atoms with Gasteiger partial charge in [0.25, 0.3) is 0 Å². The van der Waals surface area contributed by atoms with Crippen molar-refractivity contribution in [3.63, 3.8) is 0 Å². The van der Waals surface area contributed by atoms with Crippen LogP contribution in [0.25, 0.3) is 5.65 Å². The lowest BCUT2D eigenvalue weighted by Gasteiger charge is -1.98. The van der Waals surface area contributed by atoms with Gasteiger partial charge in [0.05, 0.1) is 11.5 Å². The molecule has 1 aliphatic heterocycles. The van der Waals surface area contributed by atoms with Gasteiger partial charge in [-0.15, -0.1) is 0 Å². The number of sulfone groups is 1. The summed E-state index contributed by atoms with van der Waals surface area (Å²) >= 11 is 3.36. The summed E-state index contributed by atoms with van der Waals surface area (Å²) in [4.78, 5) is 4.37. The molecule has 3 heterocycles. The molecule has 0 bridgehead atoms. The van der Waals surface area contributed by atoms with Gasteiger partial charge in [-0.2, -0.15) is 5.10 Å².